The van der Waals surface area contributed by atoms with Crippen molar-refractivity contribution >= 4 is 29.7 Å². The van der Waals surface area contributed by atoms with Crippen LogP contribution in [0, 0.1) is 0 Å². The summed E-state index contributed by atoms with van der Waals surface area (Å²) in [5.41, 5.74) is 6.30. The molecule has 0 saturated carbocycles. The van der Waals surface area contributed by atoms with Crippen LogP contribution in [0.25, 0.3) is 0 Å². The van der Waals surface area contributed by atoms with Crippen molar-refractivity contribution in [2.24, 2.45) is 0 Å². The molecule has 0 aromatic heterocycles. The van der Waals surface area contributed by atoms with Gasteiger partial charge in [-0.05, 0) is 23.3 Å². The van der Waals surface area contributed by atoms with Crippen LogP contribution in [0.1, 0.15) is 23.4 Å². The molecule has 0 aliphatic carbocycles. The summed E-state index contributed by atoms with van der Waals surface area (Å²) in [5.74, 6) is 0.440. The van der Waals surface area contributed by atoms with Gasteiger partial charge in [0.05, 0.1) is 7.11 Å². The predicted molar refractivity (Wildman–Crippen MR) is 112 cm³/mol. The van der Waals surface area contributed by atoms with E-state index in [-0.39, 0.29) is 17.9 Å². The maximum atomic E-state index is 12.6. The number of ether oxygens (including phenoxy) is 2. The zero-order valence-corrected chi connectivity index (χ0v) is 17.5. The third-order valence-electron chi connectivity index (χ3n) is 4.57. The maximum Gasteiger partial charge on any atom is 0.426 e. The summed E-state index contributed by atoms with van der Waals surface area (Å²) in [6.07, 6.45) is -0.793. The van der Waals surface area contributed by atoms with E-state index in [2.05, 4.69) is 10.9 Å². The van der Waals surface area contributed by atoms with Gasteiger partial charge >= 0.3 is 6.09 Å². The van der Waals surface area contributed by atoms with Gasteiger partial charge in [-0.25, -0.2) is 10.2 Å². The number of hydrogen-bond acceptors (Lipinski definition) is 6. The lowest BCUT2D eigenvalue weighted by Gasteiger charge is -2.27. The van der Waals surface area contributed by atoms with Crippen LogP contribution in [-0.4, -0.2) is 41.7 Å². The molecule has 9 heteroatoms. The second kappa shape index (κ2) is 10.0. The minimum Gasteiger partial charge on any atom is -0.497 e. The fourth-order valence-electron chi connectivity index (χ4n) is 3.07. The maximum absolute atomic E-state index is 12.6. The smallest absolute Gasteiger partial charge is 0.426 e. The SMILES string of the molecule is COc1ccc(COC(=O)NNC(=O)[C@@H]2CS[C@@H](c3ccccc3)N2C(C)=O)cc1. The number of amides is 3. The van der Waals surface area contributed by atoms with Gasteiger partial charge in [0.2, 0.25) is 5.91 Å². The molecule has 0 radical (unpaired) electrons. The fourth-order valence-corrected chi connectivity index (χ4v) is 4.55. The van der Waals surface area contributed by atoms with Gasteiger partial charge < -0.3 is 14.4 Å². The molecule has 0 bridgehead atoms. The number of benzene rings is 2. The number of hydrogen-bond donors (Lipinski definition) is 2. The lowest BCUT2D eigenvalue weighted by molar-refractivity contribution is -0.138. The van der Waals surface area contributed by atoms with E-state index in [1.54, 1.807) is 31.4 Å². The zero-order valence-electron chi connectivity index (χ0n) is 16.7. The Bertz CT molecular complexity index is 891. The number of rotatable bonds is 5. The summed E-state index contributed by atoms with van der Waals surface area (Å²) in [4.78, 5) is 38.2. The molecule has 1 heterocycles. The quantitative estimate of drug-likeness (QED) is 0.710. The monoisotopic (exact) mass is 429 g/mol. The molecule has 8 nitrogen and oxygen atoms in total. The van der Waals surface area contributed by atoms with E-state index in [0.29, 0.717) is 11.5 Å². The Kier molecular flexibility index (Phi) is 7.18. The second-order valence-electron chi connectivity index (χ2n) is 6.58. The van der Waals surface area contributed by atoms with Crippen molar-refractivity contribution in [2.75, 3.05) is 12.9 Å². The van der Waals surface area contributed by atoms with Crippen molar-refractivity contribution in [1.29, 1.82) is 0 Å². The number of methoxy groups -OCH3 is 1. The minimum atomic E-state index is -0.793. The molecule has 0 spiro atoms. The number of hydrazine groups is 1. The van der Waals surface area contributed by atoms with E-state index in [1.165, 1.54) is 23.6 Å². The molecule has 1 saturated heterocycles. The van der Waals surface area contributed by atoms with Crippen molar-refractivity contribution in [3.8, 4) is 5.75 Å². The number of nitrogens with zero attached hydrogens (tertiary/aromatic N) is 1. The fraction of sp³-hybridized carbons (Fsp3) is 0.286. The van der Waals surface area contributed by atoms with Crippen LogP contribution >= 0.6 is 11.8 Å². The van der Waals surface area contributed by atoms with Gasteiger partial charge in [-0.15, -0.1) is 11.8 Å². The summed E-state index contributed by atoms with van der Waals surface area (Å²) in [7, 11) is 1.57. The van der Waals surface area contributed by atoms with Crippen molar-refractivity contribution < 1.29 is 23.9 Å². The van der Waals surface area contributed by atoms with Gasteiger partial charge in [-0.2, -0.15) is 0 Å². The highest BCUT2D eigenvalue weighted by Crippen LogP contribution is 2.41. The molecule has 1 fully saturated rings. The van der Waals surface area contributed by atoms with Gasteiger partial charge in [-0.3, -0.25) is 15.0 Å². The number of thioether (sulfide) groups is 1. The molecule has 30 heavy (non-hydrogen) atoms. The van der Waals surface area contributed by atoms with Gasteiger partial charge in [0.25, 0.3) is 5.91 Å². The molecule has 1 aliphatic heterocycles. The first-order chi connectivity index (χ1) is 14.5. The van der Waals surface area contributed by atoms with E-state index >= 15 is 0 Å². The molecule has 2 N–H and O–H groups in total. The average molecular weight is 429 g/mol. The second-order valence-corrected chi connectivity index (χ2v) is 7.69. The van der Waals surface area contributed by atoms with Crippen molar-refractivity contribution in [2.45, 2.75) is 24.9 Å². The van der Waals surface area contributed by atoms with Crippen LogP contribution in [0.4, 0.5) is 4.79 Å². The number of carbonyl (C=O) groups excluding carboxylic acids is 3. The molecule has 158 valence electrons. The van der Waals surface area contributed by atoms with Crippen LogP contribution in [0.2, 0.25) is 0 Å². The van der Waals surface area contributed by atoms with Crippen molar-refractivity contribution in [1.82, 2.24) is 15.8 Å². The third kappa shape index (κ3) is 5.24. The Balaban J connectivity index is 1.52. The predicted octanol–water partition coefficient (Wildman–Crippen LogP) is 2.62. The summed E-state index contributed by atoms with van der Waals surface area (Å²) in [5, 5.41) is -0.249. The summed E-state index contributed by atoms with van der Waals surface area (Å²) in [6.45, 7) is 1.47. The molecule has 2 atom stereocenters. The standard InChI is InChI=1S/C21H23N3O5S/c1-14(25)24-18(13-30-20(24)16-6-4-3-5-7-16)19(26)22-23-21(27)29-12-15-8-10-17(28-2)11-9-15/h3-11,18,20H,12-13H2,1-2H3,(H,22,26)(H,23,27)/t18-,20-/m0/s1. The van der Waals surface area contributed by atoms with E-state index in [4.69, 9.17) is 9.47 Å². The lowest BCUT2D eigenvalue weighted by atomic mass is 10.1. The molecular weight excluding hydrogens is 406 g/mol. The molecule has 3 rings (SSSR count). The summed E-state index contributed by atoms with van der Waals surface area (Å²) < 4.78 is 10.2. The summed E-state index contributed by atoms with van der Waals surface area (Å²) in [6, 6.07) is 15.9. The highest BCUT2D eigenvalue weighted by molar-refractivity contribution is 7.99. The van der Waals surface area contributed by atoms with Gasteiger partial charge in [0, 0.05) is 12.7 Å². The van der Waals surface area contributed by atoms with Gasteiger partial charge in [-0.1, -0.05) is 42.5 Å². The molecule has 1 aliphatic rings. The van der Waals surface area contributed by atoms with E-state index in [0.717, 1.165) is 11.1 Å². The van der Waals surface area contributed by atoms with Crippen LogP contribution in [0.15, 0.2) is 54.6 Å². The van der Waals surface area contributed by atoms with Gasteiger partial charge in [0.15, 0.2) is 0 Å². The first-order valence-corrected chi connectivity index (χ1v) is 10.4. The topological polar surface area (TPSA) is 97.0 Å². The van der Waals surface area contributed by atoms with Crippen LogP contribution in [0.5, 0.6) is 5.75 Å². The Morgan fingerprint density at radius 3 is 2.40 bits per heavy atom. The molecular formula is C21H23N3O5S. The zero-order chi connectivity index (χ0) is 21.5. The van der Waals surface area contributed by atoms with E-state index in [1.807, 2.05) is 30.3 Å². The third-order valence-corrected chi connectivity index (χ3v) is 5.89. The van der Waals surface area contributed by atoms with E-state index < -0.39 is 18.0 Å². The molecule has 0 unspecified atom stereocenters. The number of nitrogens with one attached hydrogen (secondary N) is 2. The molecule has 2 aromatic carbocycles. The highest BCUT2D eigenvalue weighted by atomic mass is 32.2. The van der Waals surface area contributed by atoms with Crippen molar-refractivity contribution in [3.05, 3.63) is 65.7 Å². The molecule has 3 amide bonds. The van der Waals surface area contributed by atoms with E-state index in [9.17, 15) is 14.4 Å². The van der Waals surface area contributed by atoms with Crippen LogP contribution in [-0.2, 0) is 20.9 Å². The van der Waals surface area contributed by atoms with Gasteiger partial charge in [0.1, 0.15) is 23.8 Å². The van der Waals surface area contributed by atoms with Crippen molar-refractivity contribution in [3.63, 3.8) is 0 Å². The minimum absolute atomic E-state index is 0.0423. The van der Waals surface area contributed by atoms with Crippen LogP contribution < -0.4 is 15.6 Å². The average Bonchev–Trinajstić information content (AvgIpc) is 3.22. The van der Waals surface area contributed by atoms with Crippen LogP contribution in [0.3, 0.4) is 0 Å². The lowest BCUT2D eigenvalue weighted by Crippen LogP contribution is -2.52. The first kappa shape index (κ1) is 21.5. The highest BCUT2D eigenvalue weighted by Gasteiger charge is 2.41. The first-order valence-electron chi connectivity index (χ1n) is 9.30. The summed E-state index contributed by atoms with van der Waals surface area (Å²) >= 11 is 1.50. The largest absolute Gasteiger partial charge is 0.497 e. The number of carbonyl (C=O) groups is 3. The Morgan fingerprint density at radius 1 is 1.07 bits per heavy atom. The Hall–Kier alpha value is -3.20. The normalized spacial score (nSPS) is 17.9. The Morgan fingerprint density at radius 2 is 1.77 bits per heavy atom. The molecule has 2 aromatic rings. The Labute approximate surface area is 178 Å².